The molecule has 1 heterocycles. The van der Waals surface area contributed by atoms with Gasteiger partial charge in [0, 0.05) is 11.4 Å². The molecule has 0 spiro atoms. The molecule has 1 aromatic heterocycles. The highest BCUT2D eigenvalue weighted by Gasteiger charge is 2.06. The zero-order chi connectivity index (χ0) is 13.2. The quantitative estimate of drug-likeness (QED) is 0.693. The third-order valence-electron chi connectivity index (χ3n) is 2.46. The van der Waals surface area contributed by atoms with Gasteiger partial charge >= 0.3 is 0 Å². The molecular formula is C13H23NO2S2. The maximum atomic E-state index is 9.73. The van der Waals surface area contributed by atoms with Gasteiger partial charge in [-0.15, -0.1) is 11.3 Å². The Hall–Kier alpha value is -0.0700. The second-order valence-corrected chi connectivity index (χ2v) is 6.41. The summed E-state index contributed by atoms with van der Waals surface area (Å²) >= 11 is 3.53. The predicted molar refractivity (Wildman–Crippen MR) is 80.4 cm³/mol. The Morgan fingerprint density at radius 3 is 3.00 bits per heavy atom. The monoisotopic (exact) mass is 289 g/mol. The van der Waals surface area contributed by atoms with Crippen LogP contribution in [0.25, 0.3) is 0 Å². The van der Waals surface area contributed by atoms with Gasteiger partial charge in [-0.05, 0) is 35.9 Å². The van der Waals surface area contributed by atoms with Crippen LogP contribution < -0.4 is 5.32 Å². The average Bonchev–Trinajstić information content (AvgIpc) is 2.82. The number of thiophene rings is 1. The van der Waals surface area contributed by atoms with Crippen molar-refractivity contribution < 1.29 is 9.84 Å². The fourth-order valence-electron chi connectivity index (χ4n) is 1.59. The third kappa shape index (κ3) is 7.38. The van der Waals surface area contributed by atoms with Crippen molar-refractivity contribution in [3.05, 3.63) is 22.4 Å². The summed E-state index contributed by atoms with van der Waals surface area (Å²) in [4.78, 5) is 1.20. The van der Waals surface area contributed by atoms with Gasteiger partial charge in [-0.2, -0.15) is 11.8 Å². The number of nitrogens with one attached hydrogen (secondary N) is 1. The topological polar surface area (TPSA) is 41.5 Å². The molecule has 0 fully saturated rings. The van der Waals surface area contributed by atoms with Crippen molar-refractivity contribution in [2.75, 3.05) is 31.7 Å². The van der Waals surface area contributed by atoms with Crippen molar-refractivity contribution in [1.82, 2.24) is 5.32 Å². The number of rotatable bonds is 10. The Bertz CT molecular complexity index is 293. The molecule has 0 saturated heterocycles. The molecule has 0 aliphatic heterocycles. The van der Waals surface area contributed by atoms with Gasteiger partial charge in [0.1, 0.15) is 0 Å². The second kappa shape index (κ2) is 9.81. The van der Waals surface area contributed by atoms with Crippen LogP contribution in [0.5, 0.6) is 0 Å². The van der Waals surface area contributed by atoms with E-state index in [9.17, 15) is 5.11 Å². The van der Waals surface area contributed by atoms with Gasteiger partial charge in [0.05, 0.1) is 19.3 Å². The minimum absolute atomic E-state index is 0.391. The van der Waals surface area contributed by atoms with Gasteiger partial charge in [0.15, 0.2) is 0 Å². The Labute approximate surface area is 118 Å². The van der Waals surface area contributed by atoms with E-state index in [0.29, 0.717) is 25.7 Å². The molecular weight excluding hydrogens is 266 g/mol. The van der Waals surface area contributed by atoms with Gasteiger partial charge in [-0.1, -0.05) is 13.0 Å². The first-order chi connectivity index (χ1) is 8.72. The Kier molecular flexibility index (Phi) is 8.71. The Morgan fingerprint density at radius 2 is 2.33 bits per heavy atom. The summed E-state index contributed by atoms with van der Waals surface area (Å²) in [6.07, 6.45) is 1.69. The summed E-state index contributed by atoms with van der Waals surface area (Å²) in [5.74, 6) is 1.79. The van der Waals surface area contributed by atoms with Crippen molar-refractivity contribution in [2.45, 2.75) is 19.6 Å². The normalized spacial score (nSPS) is 14.6. The molecule has 0 aromatic carbocycles. The highest BCUT2D eigenvalue weighted by molar-refractivity contribution is 7.98. The number of thioether (sulfide) groups is 1. The van der Waals surface area contributed by atoms with Crippen LogP contribution in [0, 0.1) is 5.92 Å². The highest BCUT2D eigenvalue weighted by atomic mass is 32.2. The molecule has 2 atom stereocenters. The molecule has 1 rings (SSSR count). The molecule has 0 radical (unpaired) electrons. The highest BCUT2D eigenvalue weighted by Crippen LogP contribution is 2.09. The SMILES string of the molecule is CSCC(C)CNCC(O)COCc1cccs1. The summed E-state index contributed by atoms with van der Waals surface area (Å²) in [6, 6.07) is 4.05. The summed E-state index contributed by atoms with van der Waals surface area (Å²) in [5.41, 5.74) is 0. The zero-order valence-electron chi connectivity index (χ0n) is 11.1. The fourth-order valence-corrected chi connectivity index (χ4v) is 2.92. The molecule has 1 aromatic rings. The number of aliphatic hydroxyl groups excluding tert-OH is 1. The molecule has 0 saturated carbocycles. The first kappa shape index (κ1) is 16.0. The molecule has 5 heteroatoms. The summed E-state index contributed by atoms with van der Waals surface area (Å²) in [7, 11) is 0. The van der Waals surface area contributed by atoms with E-state index in [2.05, 4.69) is 18.5 Å². The van der Waals surface area contributed by atoms with Crippen LogP contribution in [-0.4, -0.2) is 42.9 Å². The van der Waals surface area contributed by atoms with E-state index in [0.717, 1.165) is 12.3 Å². The van der Waals surface area contributed by atoms with Crippen molar-refractivity contribution in [2.24, 2.45) is 5.92 Å². The standard InChI is InChI=1S/C13H23NO2S2/c1-11(10-17-2)6-14-7-12(15)8-16-9-13-4-3-5-18-13/h3-5,11-12,14-15H,6-10H2,1-2H3. The van der Waals surface area contributed by atoms with Gasteiger partial charge in [-0.25, -0.2) is 0 Å². The van der Waals surface area contributed by atoms with Crippen LogP contribution in [0.3, 0.4) is 0 Å². The summed E-state index contributed by atoms with van der Waals surface area (Å²) in [6.45, 7) is 4.74. The number of ether oxygens (including phenoxy) is 1. The first-order valence-corrected chi connectivity index (χ1v) is 8.47. The smallest absolute Gasteiger partial charge is 0.0897 e. The van der Waals surface area contributed by atoms with E-state index in [1.165, 1.54) is 4.88 Å². The Morgan fingerprint density at radius 1 is 1.50 bits per heavy atom. The van der Waals surface area contributed by atoms with Gasteiger partial charge in [0.25, 0.3) is 0 Å². The number of aliphatic hydroxyl groups is 1. The minimum atomic E-state index is -0.425. The molecule has 3 nitrogen and oxygen atoms in total. The molecule has 2 unspecified atom stereocenters. The van der Waals surface area contributed by atoms with E-state index in [-0.39, 0.29) is 0 Å². The number of hydrogen-bond donors (Lipinski definition) is 2. The zero-order valence-corrected chi connectivity index (χ0v) is 12.7. The van der Waals surface area contributed by atoms with Crippen LogP contribution in [-0.2, 0) is 11.3 Å². The lowest BCUT2D eigenvalue weighted by molar-refractivity contribution is 0.0297. The minimum Gasteiger partial charge on any atom is -0.389 e. The molecule has 0 amide bonds. The van der Waals surface area contributed by atoms with Gasteiger partial charge < -0.3 is 15.2 Å². The van der Waals surface area contributed by atoms with E-state index in [1.807, 2.05) is 29.3 Å². The number of hydrogen-bond acceptors (Lipinski definition) is 5. The van der Waals surface area contributed by atoms with Gasteiger partial charge in [0.2, 0.25) is 0 Å². The first-order valence-electron chi connectivity index (χ1n) is 6.20. The van der Waals surface area contributed by atoms with Crippen molar-refractivity contribution in [3.8, 4) is 0 Å². The third-order valence-corrected chi connectivity index (χ3v) is 4.21. The fraction of sp³-hybridized carbons (Fsp3) is 0.692. The lowest BCUT2D eigenvalue weighted by Gasteiger charge is -2.14. The molecule has 18 heavy (non-hydrogen) atoms. The Balaban J connectivity index is 1.98. The maximum absolute atomic E-state index is 9.73. The van der Waals surface area contributed by atoms with Crippen molar-refractivity contribution in [3.63, 3.8) is 0 Å². The van der Waals surface area contributed by atoms with Crippen LogP contribution in [0.1, 0.15) is 11.8 Å². The molecule has 104 valence electrons. The summed E-state index contributed by atoms with van der Waals surface area (Å²) in [5, 5.41) is 15.0. The van der Waals surface area contributed by atoms with Crippen LogP contribution in [0.4, 0.5) is 0 Å². The van der Waals surface area contributed by atoms with Crippen LogP contribution in [0.15, 0.2) is 17.5 Å². The average molecular weight is 289 g/mol. The molecule has 2 N–H and O–H groups in total. The van der Waals surface area contributed by atoms with E-state index >= 15 is 0 Å². The lowest BCUT2D eigenvalue weighted by Crippen LogP contribution is -2.33. The lowest BCUT2D eigenvalue weighted by atomic mass is 10.2. The van der Waals surface area contributed by atoms with E-state index in [1.54, 1.807) is 11.3 Å². The van der Waals surface area contributed by atoms with Crippen LogP contribution >= 0.6 is 23.1 Å². The van der Waals surface area contributed by atoms with Crippen molar-refractivity contribution in [1.29, 1.82) is 0 Å². The second-order valence-electron chi connectivity index (χ2n) is 4.47. The van der Waals surface area contributed by atoms with Crippen LogP contribution in [0.2, 0.25) is 0 Å². The summed E-state index contributed by atoms with van der Waals surface area (Å²) < 4.78 is 5.46. The maximum Gasteiger partial charge on any atom is 0.0897 e. The predicted octanol–water partition coefficient (Wildman–Crippen LogP) is 2.21. The largest absolute Gasteiger partial charge is 0.389 e. The van der Waals surface area contributed by atoms with Crippen molar-refractivity contribution >= 4 is 23.1 Å². The molecule has 0 aliphatic carbocycles. The van der Waals surface area contributed by atoms with E-state index in [4.69, 9.17) is 4.74 Å². The molecule has 0 bridgehead atoms. The van der Waals surface area contributed by atoms with E-state index < -0.39 is 6.10 Å². The molecule has 0 aliphatic rings. The van der Waals surface area contributed by atoms with Gasteiger partial charge in [-0.3, -0.25) is 0 Å².